The third-order valence-corrected chi connectivity index (χ3v) is 5.10. The zero-order valence-corrected chi connectivity index (χ0v) is 14.5. The molecular formula is C13H12ClNO7S2. The highest BCUT2D eigenvalue weighted by Gasteiger charge is 2.24. The van der Waals surface area contributed by atoms with Gasteiger partial charge in [0.25, 0.3) is 10.1 Å². The van der Waals surface area contributed by atoms with Crippen LogP contribution in [0.2, 0.25) is 5.02 Å². The van der Waals surface area contributed by atoms with Crippen LogP contribution in [0.5, 0.6) is 17.2 Å². The molecule has 0 saturated heterocycles. The van der Waals surface area contributed by atoms with Crippen LogP contribution in [0.25, 0.3) is 0 Å². The number of methoxy groups -OCH3 is 1. The van der Waals surface area contributed by atoms with Crippen LogP contribution in [0.1, 0.15) is 0 Å². The Morgan fingerprint density at radius 2 is 1.67 bits per heavy atom. The first-order valence-corrected chi connectivity index (χ1v) is 9.54. The van der Waals surface area contributed by atoms with Crippen LogP contribution in [0, 0.1) is 0 Å². The molecule has 0 aliphatic carbocycles. The van der Waals surface area contributed by atoms with Crippen molar-refractivity contribution in [1.82, 2.24) is 0 Å². The number of halogens is 1. The fourth-order valence-corrected chi connectivity index (χ4v) is 3.56. The number of hydrogen-bond donors (Lipinski definition) is 2. The molecule has 0 aromatic heterocycles. The van der Waals surface area contributed by atoms with Gasteiger partial charge in [0.15, 0.2) is 0 Å². The molecule has 0 saturated carbocycles. The minimum atomic E-state index is -4.74. The topological polar surface area (TPSA) is 133 Å². The molecule has 0 aliphatic heterocycles. The van der Waals surface area contributed by atoms with Crippen molar-refractivity contribution in [3.8, 4) is 17.2 Å². The minimum Gasteiger partial charge on any atom is -0.497 e. The number of sulfonamides is 1. The predicted molar refractivity (Wildman–Crippen MR) is 85.7 cm³/mol. The molecule has 3 N–H and O–H groups in total. The van der Waals surface area contributed by atoms with Gasteiger partial charge in [0.1, 0.15) is 27.0 Å². The average Bonchev–Trinajstić information content (AvgIpc) is 2.44. The van der Waals surface area contributed by atoms with Gasteiger partial charge in [0.2, 0.25) is 10.0 Å². The van der Waals surface area contributed by atoms with E-state index in [1.54, 1.807) is 12.1 Å². The van der Waals surface area contributed by atoms with E-state index < -0.39 is 35.0 Å². The molecule has 0 atom stereocenters. The zero-order valence-electron chi connectivity index (χ0n) is 12.1. The lowest BCUT2D eigenvalue weighted by atomic mass is 10.3. The van der Waals surface area contributed by atoms with Gasteiger partial charge in [-0.15, -0.1) is 0 Å². The summed E-state index contributed by atoms with van der Waals surface area (Å²) in [5.41, 5.74) is 0. The van der Waals surface area contributed by atoms with Crippen molar-refractivity contribution >= 4 is 31.7 Å². The van der Waals surface area contributed by atoms with Gasteiger partial charge in [0, 0.05) is 12.1 Å². The van der Waals surface area contributed by atoms with Crippen molar-refractivity contribution in [2.24, 2.45) is 5.14 Å². The van der Waals surface area contributed by atoms with Crippen LogP contribution in [-0.2, 0) is 20.1 Å². The SMILES string of the molecule is COc1cccc(Oc2cc(Cl)c(S(=O)(=O)O)cc2S(N)(=O)=O)c1. The summed E-state index contributed by atoms with van der Waals surface area (Å²) in [4.78, 5) is -1.45. The summed E-state index contributed by atoms with van der Waals surface area (Å²) in [6.07, 6.45) is 0. The number of rotatable bonds is 5. The van der Waals surface area contributed by atoms with E-state index in [1.807, 2.05) is 0 Å². The van der Waals surface area contributed by atoms with Gasteiger partial charge < -0.3 is 9.47 Å². The van der Waals surface area contributed by atoms with Crippen molar-refractivity contribution < 1.29 is 30.9 Å². The lowest BCUT2D eigenvalue weighted by Crippen LogP contribution is -2.14. The third-order valence-electron chi connectivity index (χ3n) is 2.85. The summed E-state index contributed by atoms with van der Waals surface area (Å²) in [6.45, 7) is 0. The molecule has 2 aromatic rings. The average molecular weight is 394 g/mol. The maximum Gasteiger partial charge on any atom is 0.296 e. The van der Waals surface area contributed by atoms with Gasteiger partial charge in [-0.2, -0.15) is 8.42 Å². The van der Waals surface area contributed by atoms with Gasteiger partial charge in [-0.1, -0.05) is 17.7 Å². The monoisotopic (exact) mass is 393 g/mol. The van der Waals surface area contributed by atoms with Crippen LogP contribution in [-0.4, -0.2) is 28.5 Å². The molecule has 0 fully saturated rings. The summed E-state index contributed by atoms with van der Waals surface area (Å²) < 4.78 is 65.5. The predicted octanol–water partition coefficient (Wildman–Crippen LogP) is 2.04. The number of primary sulfonamides is 1. The maximum absolute atomic E-state index is 11.7. The second-order valence-electron chi connectivity index (χ2n) is 4.53. The van der Waals surface area contributed by atoms with Gasteiger partial charge in [-0.05, 0) is 18.2 Å². The lowest BCUT2D eigenvalue weighted by Gasteiger charge is -2.13. The van der Waals surface area contributed by atoms with Crippen LogP contribution in [0.4, 0.5) is 0 Å². The number of benzene rings is 2. The Balaban J connectivity index is 2.63. The van der Waals surface area contributed by atoms with E-state index in [1.165, 1.54) is 19.2 Å². The molecule has 24 heavy (non-hydrogen) atoms. The summed E-state index contributed by atoms with van der Waals surface area (Å²) in [5, 5.41) is 4.65. The van der Waals surface area contributed by atoms with Gasteiger partial charge in [-0.25, -0.2) is 13.6 Å². The highest BCUT2D eigenvalue weighted by atomic mass is 35.5. The normalized spacial score (nSPS) is 12.0. The second kappa shape index (κ2) is 6.57. The van der Waals surface area contributed by atoms with Gasteiger partial charge in [-0.3, -0.25) is 4.55 Å². The molecule has 2 aromatic carbocycles. The van der Waals surface area contributed by atoms with Crippen molar-refractivity contribution in [3.63, 3.8) is 0 Å². The molecule has 2 rings (SSSR count). The quantitative estimate of drug-likeness (QED) is 0.742. The van der Waals surface area contributed by atoms with Crippen molar-refractivity contribution in [3.05, 3.63) is 41.4 Å². The Morgan fingerprint density at radius 3 is 2.21 bits per heavy atom. The lowest BCUT2D eigenvalue weighted by molar-refractivity contribution is 0.408. The Hall–Kier alpha value is -1.85. The van der Waals surface area contributed by atoms with E-state index in [0.29, 0.717) is 11.8 Å². The maximum atomic E-state index is 11.7. The smallest absolute Gasteiger partial charge is 0.296 e. The van der Waals surface area contributed by atoms with Gasteiger partial charge in [0.05, 0.1) is 12.1 Å². The zero-order chi connectivity index (χ0) is 18.1. The Morgan fingerprint density at radius 1 is 1.04 bits per heavy atom. The number of hydrogen-bond acceptors (Lipinski definition) is 6. The first-order chi connectivity index (χ1) is 11.0. The van der Waals surface area contributed by atoms with E-state index in [4.69, 9.17) is 30.8 Å². The molecular weight excluding hydrogens is 382 g/mol. The fraction of sp³-hybridized carbons (Fsp3) is 0.0769. The number of nitrogens with two attached hydrogens (primary N) is 1. The molecule has 8 nitrogen and oxygen atoms in total. The Kier molecular flexibility index (Phi) is 5.06. The van der Waals surface area contributed by atoms with Crippen molar-refractivity contribution in [2.75, 3.05) is 7.11 Å². The first kappa shape index (κ1) is 18.5. The van der Waals surface area contributed by atoms with Crippen molar-refractivity contribution in [2.45, 2.75) is 9.79 Å². The molecule has 0 heterocycles. The molecule has 11 heteroatoms. The minimum absolute atomic E-state index is 0.204. The third kappa shape index (κ3) is 4.16. The standard InChI is InChI=1S/C13H12ClNO7S2/c1-21-8-3-2-4-9(5-8)22-11-6-10(14)12(24(18,19)20)7-13(11)23(15,16)17/h2-7H,1H3,(H2,15,16,17)(H,18,19,20). The van der Waals surface area contributed by atoms with E-state index in [9.17, 15) is 16.8 Å². The van der Waals surface area contributed by atoms with Crippen LogP contribution in [0.15, 0.2) is 46.2 Å². The number of ether oxygens (including phenoxy) is 2. The second-order valence-corrected chi connectivity index (χ2v) is 7.86. The molecule has 0 bridgehead atoms. The highest BCUT2D eigenvalue weighted by Crippen LogP contribution is 2.35. The van der Waals surface area contributed by atoms with Crippen molar-refractivity contribution in [1.29, 1.82) is 0 Å². The van der Waals surface area contributed by atoms with E-state index in [2.05, 4.69) is 0 Å². The summed E-state index contributed by atoms with van der Waals surface area (Å²) in [7, 11) is -7.67. The summed E-state index contributed by atoms with van der Waals surface area (Å²) >= 11 is 5.78. The van der Waals surface area contributed by atoms with E-state index >= 15 is 0 Å². The van der Waals surface area contributed by atoms with Gasteiger partial charge >= 0.3 is 0 Å². The van der Waals surface area contributed by atoms with Crippen LogP contribution < -0.4 is 14.6 Å². The Labute approximate surface area is 143 Å². The fourth-order valence-electron chi connectivity index (χ4n) is 1.81. The van der Waals surface area contributed by atoms with E-state index in [0.717, 1.165) is 6.07 Å². The molecule has 0 aliphatic rings. The molecule has 0 spiro atoms. The van der Waals surface area contributed by atoms with Crippen LogP contribution in [0.3, 0.4) is 0 Å². The van der Waals surface area contributed by atoms with E-state index in [-0.39, 0.29) is 11.5 Å². The molecule has 0 radical (unpaired) electrons. The molecule has 130 valence electrons. The molecule has 0 unspecified atom stereocenters. The largest absolute Gasteiger partial charge is 0.497 e. The summed E-state index contributed by atoms with van der Waals surface area (Å²) in [5.74, 6) is 0.350. The highest BCUT2D eigenvalue weighted by molar-refractivity contribution is 7.89. The summed E-state index contributed by atoms with van der Waals surface area (Å²) in [6, 6.07) is 7.78. The molecule has 0 amide bonds. The Bertz CT molecular complexity index is 987. The van der Waals surface area contributed by atoms with Crippen LogP contribution >= 0.6 is 11.6 Å². The first-order valence-electron chi connectivity index (χ1n) is 6.18.